The molecule has 0 saturated heterocycles. The molecule has 1 aliphatic carbocycles. The molecule has 2 aromatic carbocycles. The zero-order valence-corrected chi connectivity index (χ0v) is 11.7. The number of hydrogen-bond acceptors (Lipinski definition) is 3. The van der Waals surface area contributed by atoms with Crippen molar-refractivity contribution in [3.05, 3.63) is 70.8 Å². The van der Waals surface area contributed by atoms with E-state index in [9.17, 15) is 4.79 Å². The van der Waals surface area contributed by atoms with Gasteiger partial charge in [0.25, 0.3) is 0 Å². The average molecular weight is 282 g/mol. The first-order valence-electron chi connectivity index (χ1n) is 7.07. The van der Waals surface area contributed by atoms with Crippen LogP contribution in [0.4, 0.5) is 4.79 Å². The number of fused-ring (bicyclic) bond motifs is 2. The second-order valence-electron chi connectivity index (χ2n) is 5.13. The first kappa shape index (κ1) is 13.6. The summed E-state index contributed by atoms with van der Waals surface area (Å²) >= 11 is 0. The molecule has 108 valence electrons. The van der Waals surface area contributed by atoms with Gasteiger partial charge < -0.3 is 15.8 Å². The minimum absolute atomic E-state index is 0.127. The van der Waals surface area contributed by atoms with Gasteiger partial charge in [0.05, 0.1) is 6.04 Å². The summed E-state index contributed by atoms with van der Waals surface area (Å²) in [6, 6.07) is 17.0. The van der Waals surface area contributed by atoms with Crippen molar-refractivity contribution in [1.82, 2.24) is 5.32 Å². The van der Waals surface area contributed by atoms with E-state index in [0.717, 1.165) is 6.42 Å². The monoisotopic (exact) mass is 282 g/mol. The third kappa shape index (κ3) is 2.90. The fraction of sp³-hybridized carbons (Fsp3) is 0.235. The van der Waals surface area contributed by atoms with Crippen molar-refractivity contribution in [3.8, 4) is 0 Å². The van der Waals surface area contributed by atoms with Crippen LogP contribution in [-0.4, -0.2) is 19.2 Å². The molecular weight excluding hydrogens is 264 g/mol. The summed E-state index contributed by atoms with van der Waals surface area (Å²) in [6.45, 7) is 0.840. The molecule has 2 aromatic rings. The first-order valence-corrected chi connectivity index (χ1v) is 7.07. The van der Waals surface area contributed by atoms with Gasteiger partial charge in [-0.3, -0.25) is 0 Å². The zero-order valence-electron chi connectivity index (χ0n) is 11.7. The van der Waals surface area contributed by atoms with Gasteiger partial charge in [-0.1, -0.05) is 48.5 Å². The molecule has 0 bridgehead atoms. The van der Waals surface area contributed by atoms with Crippen LogP contribution in [0.2, 0.25) is 0 Å². The van der Waals surface area contributed by atoms with Gasteiger partial charge >= 0.3 is 6.09 Å². The van der Waals surface area contributed by atoms with E-state index in [2.05, 4.69) is 53.8 Å². The number of nitrogens with two attached hydrogens (primary N) is 1. The molecule has 0 aromatic heterocycles. The lowest BCUT2D eigenvalue weighted by Crippen LogP contribution is -2.31. The highest BCUT2D eigenvalue weighted by Crippen LogP contribution is 2.34. The lowest BCUT2D eigenvalue weighted by atomic mass is 9.82. The quantitative estimate of drug-likeness (QED) is 0.846. The molecule has 4 nitrogen and oxygen atoms in total. The number of nitrogens with one attached hydrogen (secondary N) is 1. The molecule has 0 heterocycles. The van der Waals surface area contributed by atoms with Crippen LogP contribution in [0.25, 0.3) is 0 Å². The van der Waals surface area contributed by atoms with Gasteiger partial charge in [-0.25, -0.2) is 4.79 Å². The molecule has 0 saturated carbocycles. The van der Waals surface area contributed by atoms with Crippen LogP contribution in [0, 0.1) is 0 Å². The molecule has 0 spiro atoms. The summed E-state index contributed by atoms with van der Waals surface area (Å²) < 4.78 is 4.79. The predicted octanol–water partition coefficient (Wildman–Crippen LogP) is 2.37. The van der Waals surface area contributed by atoms with Gasteiger partial charge in [0.2, 0.25) is 0 Å². The Hall–Kier alpha value is -2.33. The number of ether oxygens (including phenoxy) is 1. The number of benzene rings is 2. The van der Waals surface area contributed by atoms with Gasteiger partial charge in [0.15, 0.2) is 0 Å². The van der Waals surface area contributed by atoms with Gasteiger partial charge in [-0.05, 0) is 28.7 Å². The Morgan fingerprint density at radius 3 is 2.24 bits per heavy atom. The van der Waals surface area contributed by atoms with E-state index in [1.54, 1.807) is 0 Å². The highest BCUT2D eigenvalue weighted by Gasteiger charge is 2.24. The first-order chi connectivity index (χ1) is 10.3. The van der Waals surface area contributed by atoms with Crippen molar-refractivity contribution in [3.63, 3.8) is 0 Å². The Bertz CT molecular complexity index is 609. The standard InChI is InChI=1S/C17H18N2O2/c18-17(20)21-10-9-19-16-14-7-3-1-5-12(14)11-13-6-2-4-8-15(13)16/h1-8,16,19H,9-11H2,(H2,18,20). The number of amides is 1. The van der Waals surface area contributed by atoms with Crippen molar-refractivity contribution < 1.29 is 9.53 Å². The summed E-state index contributed by atoms with van der Waals surface area (Å²) in [5, 5.41) is 3.46. The number of carbonyl (C=O) groups excluding carboxylic acids is 1. The largest absolute Gasteiger partial charge is 0.448 e. The van der Waals surface area contributed by atoms with E-state index in [-0.39, 0.29) is 12.6 Å². The third-order valence-corrected chi connectivity index (χ3v) is 3.81. The minimum Gasteiger partial charge on any atom is -0.448 e. The second kappa shape index (κ2) is 5.97. The van der Waals surface area contributed by atoms with Crippen LogP contribution in [0.15, 0.2) is 48.5 Å². The van der Waals surface area contributed by atoms with Crippen molar-refractivity contribution in [1.29, 1.82) is 0 Å². The van der Waals surface area contributed by atoms with E-state index in [1.807, 2.05) is 0 Å². The van der Waals surface area contributed by atoms with Crippen molar-refractivity contribution >= 4 is 6.09 Å². The molecule has 3 N–H and O–H groups in total. The average Bonchev–Trinajstić information content (AvgIpc) is 2.50. The Kier molecular flexibility index (Phi) is 3.88. The zero-order chi connectivity index (χ0) is 14.7. The Morgan fingerprint density at radius 1 is 1.10 bits per heavy atom. The van der Waals surface area contributed by atoms with Crippen LogP contribution in [0.3, 0.4) is 0 Å². The molecule has 0 fully saturated rings. The maximum Gasteiger partial charge on any atom is 0.404 e. The maximum atomic E-state index is 10.6. The molecule has 1 aliphatic rings. The van der Waals surface area contributed by atoms with E-state index in [1.165, 1.54) is 22.3 Å². The molecule has 0 unspecified atom stereocenters. The summed E-state index contributed by atoms with van der Waals surface area (Å²) in [5.41, 5.74) is 10.2. The van der Waals surface area contributed by atoms with Crippen LogP contribution in [0.5, 0.6) is 0 Å². The second-order valence-corrected chi connectivity index (χ2v) is 5.13. The predicted molar refractivity (Wildman–Crippen MR) is 81.1 cm³/mol. The van der Waals surface area contributed by atoms with Crippen molar-refractivity contribution in [2.24, 2.45) is 5.73 Å². The molecule has 0 aliphatic heterocycles. The molecule has 0 atom stereocenters. The fourth-order valence-electron chi connectivity index (χ4n) is 2.90. The minimum atomic E-state index is -0.735. The summed E-state index contributed by atoms with van der Waals surface area (Å²) in [4.78, 5) is 10.6. The summed E-state index contributed by atoms with van der Waals surface area (Å²) in [6.07, 6.45) is 0.226. The SMILES string of the molecule is NC(=O)OCCNC1c2ccccc2Cc2ccccc21. The molecule has 3 rings (SSSR count). The van der Waals surface area contributed by atoms with Crippen LogP contribution in [-0.2, 0) is 11.2 Å². The lowest BCUT2D eigenvalue weighted by molar-refractivity contribution is 0.156. The smallest absolute Gasteiger partial charge is 0.404 e. The van der Waals surface area contributed by atoms with Crippen molar-refractivity contribution in [2.45, 2.75) is 12.5 Å². The fourth-order valence-corrected chi connectivity index (χ4v) is 2.90. The number of carbonyl (C=O) groups is 1. The molecule has 1 amide bonds. The van der Waals surface area contributed by atoms with E-state index < -0.39 is 6.09 Å². The topological polar surface area (TPSA) is 64.4 Å². The Morgan fingerprint density at radius 2 is 1.67 bits per heavy atom. The molecule has 4 heteroatoms. The Balaban J connectivity index is 1.83. The lowest BCUT2D eigenvalue weighted by Gasteiger charge is -2.29. The van der Waals surface area contributed by atoms with Crippen LogP contribution >= 0.6 is 0 Å². The molecular formula is C17H18N2O2. The van der Waals surface area contributed by atoms with Crippen molar-refractivity contribution in [2.75, 3.05) is 13.2 Å². The van der Waals surface area contributed by atoms with E-state index in [0.29, 0.717) is 6.54 Å². The Labute approximate surface area is 123 Å². The number of primary amides is 1. The van der Waals surface area contributed by atoms with Gasteiger partial charge in [0, 0.05) is 6.54 Å². The highest BCUT2D eigenvalue weighted by molar-refractivity contribution is 5.64. The number of hydrogen-bond donors (Lipinski definition) is 2. The summed E-state index contributed by atoms with van der Waals surface area (Å²) in [5.74, 6) is 0. The van der Waals surface area contributed by atoms with Crippen LogP contribution in [0.1, 0.15) is 28.3 Å². The van der Waals surface area contributed by atoms with Gasteiger partial charge in [-0.2, -0.15) is 0 Å². The normalized spacial score (nSPS) is 13.3. The van der Waals surface area contributed by atoms with E-state index >= 15 is 0 Å². The van der Waals surface area contributed by atoms with E-state index in [4.69, 9.17) is 10.5 Å². The highest BCUT2D eigenvalue weighted by atomic mass is 16.5. The molecule has 21 heavy (non-hydrogen) atoms. The number of rotatable bonds is 4. The van der Waals surface area contributed by atoms with Crippen LogP contribution < -0.4 is 11.1 Å². The van der Waals surface area contributed by atoms with Gasteiger partial charge in [-0.15, -0.1) is 0 Å². The summed E-state index contributed by atoms with van der Waals surface area (Å²) in [7, 11) is 0. The van der Waals surface area contributed by atoms with Gasteiger partial charge in [0.1, 0.15) is 6.61 Å². The third-order valence-electron chi connectivity index (χ3n) is 3.81. The maximum absolute atomic E-state index is 10.6. The molecule has 0 radical (unpaired) electrons.